The number of pyridine rings is 1. The molecule has 1 nitrogen and oxygen atoms in total. The summed E-state index contributed by atoms with van der Waals surface area (Å²) in [6.45, 7) is 4.48. The van der Waals surface area contributed by atoms with E-state index in [2.05, 4.69) is 50.7 Å². The number of rotatable bonds is 4. The van der Waals surface area contributed by atoms with Gasteiger partial charge in [-0.15, -0.1) is 11.8 Å². The zero-order chi connectivity index (χ0) is 10.6. The van der Waals surface area contributed by atoms with Crippen molar-refractivity contribution in [3.63, 3.8) is 0 Å². The Hall–Kier alpha value is 0.460. The zero-order valence-electron chi connectivity index (χ0n) is 8.26. The highest BCUT2D eigenvalue weighted by atomic mass is 79.9. The average molecular weight is 339 g/mol. The van der Waals surface area contributed by atoms with Crippen molar-refractivity contribution in [1.29, 1.82) is 0 Å². The molecule has 0 amide bonds. The Kier molecular flexibility index (Phi) is 5.49. The molecule has 0 bridgehead atoms. The average Bonchev–Trinajstić information content (AvgIpc) is 2.16. The van der Waals surface area contributed by atoms with Gasteiger partial charge in [0, 0.05) is 16.4 Å². The summed E-state index contributed by atoms with van der Waals surface area (Å²) in [7, 11) is 0. The molecule has 1 atom stereocenters. The maximum absolute atomic E-state index is 4.35. The van der Waals surface area contributed by atoms with E-state index in [0.717, 1.165) is 25.6 Å². The van der Waals surface area contributed by atoms with Crippen LogP contribution in [0.2, 0.25) is 0 Å². The van der Waals surface area contributed by atoms with E-state index in [1.165, 1.54) is 6.42 Å². The lowest BCUT2D eigenvalue weighted by atomic mass is 10.2. The van der Waals surface area contributed by atoms with Crippen LogP contribution < -0.4 is 0 Å². The Bertz CT molecular complexity index is 304. The Balaban J connectivity index is 2.59. The van der Waals surface area contributed by atoms with Crippen molar-refractivity contribution in [3.05, 3.63) is 21.2 Å². The zero-order valence-corrected chi connectivity index (χ0v) is 12.2. The third-order valence-corrected chi connectivity index (χ3v) is 4.61. The van der Waals surface area contributed by atoms with Gasteiger partial charge in [0.15, 0.2) is 0 Å². The van der Waals surface area contributed by atoms with Gasteiger partial charge in [-0.1, -0.05) is 20.3 Å². The highest BCUT2D eigenvalue weighted by molar-refractivity contribution is 9.11. The molecule has 0 aliphatic carbocycles. The fourth-order valence-corrected chi connectivity index (χ4v) is 3.18. The molecule has 1 heterocycles. The van der Waals surface area contributed by atoms with Gasteiger partial charge in [-0.3, -0.25) is 0 Å². The first kappa shape index (κ1) is 12.5. The first-order chi connectivity index (χ1) is 6.63. The molecule has 0 fully saturated rings. The smallest absolute Gasteiger partial charge is 0.110 e. The van der Waals surface area contributed by atoms with E-state index in [9.17, 15) is 0 Å². The van der Waals surface area contributed by atoms with Gasteiger partial charge in [0.25, 0.3) is 0 Å². The molecule has 0 saturated heterocycles. The molecule has 1 rings (SSSR count). The summed E-state index contributed by atoms with van der Waals surface area (Å²) in [5.74, 6) is 1.88. The summed E-state index contributed by atoms with van der Waals surface area (Å²) in [5, 5.41) is 1.08. The monoisotopic (exact) mass is 337 g/mol. The van der Waals surface area contributed by atoms with E-state index < -0.39 is 0 Å². The van der Waals surface area contributed by atoms with Gasteiger partial charge in [0.1, 0.15) is 5.03 Å². The van der Waals surface area contributed by atoms with Crippen LogP contribution in [0.5, 0.6) is 0 Å². The Morgan fingerprint density at radius 1 is 1.50 bits per heavy atom. The van der Waals surface area contributed by atoms with Crippen molar-refractivity contribution in [1.82, 2.24) is 4.98 Å². The van der Waals surface area contributed by atoms with Crippen LogP contribution in [0, 0.1) is 5.92 Å². The van der Waals surface area contributed by atoms with Gasteiger partial charge in [-0.25, -0.2) is 4.98 Å². The van der Waals surface area contributed by atoms with Crippen molar-refractivity contribution in [2.45, 2.75) is 25.3 Å². The lowest BCUT2D eigenvalue weighted by Gasteiger charge is -2.08. The van der Waals surface area contributed by atoms with Gasteiger partial charge in [0.05, 0.1) is 4.47 Å². The molecule has 1 aromatic rings. The predicted molar refractivity (Wildman–Crippen MR) is 69.8 cm³/mol. The summed E-state index contributed by atoms with van der Waals surface area (Å²) in [6, 6.07) is 2.03. The minimum absolute atomic E-state index is 0.748. The molecule has 0 aliphatic heterocycles. The van der Waals surface area contributed by atoms with Gasteiger partial charge in [-0.2, -0.15) is 0 Å². The van der Waals surface area contributed by atoms with Gasteiger partial charge in [0.2, 0.25) is 0 Å². The summed E-state index contributed by atoms with van der Waals surface area (Å²) >= 11 is 8.70. The molecule has 1 unspecified atom stereocenters. The summed E-state index contributed by atoms with van der Waals surface area (Å²) in [6.07, 6.45) is 3.06. The largest absolute Gasteiger partial charge is 0.248 e. The standard InChI is InChI=1S/C10H13Br2NS/c1-3-7(2)6-14-10-9(12)4-8(11)5-13-10/h4-5,7H,3,6H2,1-2H3. The number of halogens is 2. The summed E-state index contributed by atoms with van der Waals surface area (Å²) < 4.78 is 2.08. The predicted octanol–water partition coefficient (Wildman–Crippen LogP) is 4.74. The highest BCUT2D eigenvalue weighted by Gasteiger charge is 2.05. The fraction of sp³-hybridized carbons (Fsp3) is 0.500. The van der Waals surface area contributed by atoms with E-state index in [1.54, 1.807) is 0 Å². The van der Waals surface area contributed by atoms with Crippen molar-refractivity contribution < 1.29 is 0 Å². The number of thioether (sulfide) groups is 1. The van der Waals surface area contributed by atoms with Crippen LogP contribution in [-0.4, -0.2) is 10.7 Å². The van der Waals surface area contributed by atoms with Crippen molar-refractivity contribution in [2.24, 2.45) is 5.92 Å². The molecule has 1 aromatic heterocycles. The number of hydrogen-bond acceptors (Lipinski definition) is 2. The molecule has 78 valence electrons. The quantitative estimate of drug-likeness (QED) is 0.735. The van der Waals surface area contributed by atoms with Crippen molar-refractivity contribution in [3.8, 4) is 0 Å². The van der Waals surface area contributed by atoms with E-state index in [1.807, 2.05) is 24.0 Å². The normalized spacial score (nSPS) is 12.9. The molecular formula is C10H13Br2NS. The third kappa shape index (κ3) is 3.91. The van der Waals surface area contributed by atoms with Gasteiger partial charge in [-0.05, 0) is 43.8 Å². The number of hydrogen-bond donors (Lipinski definition) is 0. The Morgan fingerprint density at radius 2 is 2.21 bits per heavy atom. The number of aromatic nitrogens is 1. The van der Waals surface area contributed by atoms with E-state index in [4.69, 9.17) is 0 Å². The maximum Gasteiger partial charge on any atom is 0.110 e. The lowest BCUT2D eigenvalue weighted by molar-refractivity contribution is 0.636. The minimum atomic E-state index is 0.748. The maximum atomic E-state index is 4.35. The van der Waals surface area contributed by atoms with Crippen LogP contribution in [0.4, 0.5) is 0 Å². The highest BCUT2D eigenvalue weighted by Crippen LogP contribution is 2.29. The fourth-order valence-electron chi connectivity index (χ4n) is 0.847. The van der Waals surface area contributed by atoms with Gasteiger partial charge < -0.3 is 0 Å². The van der Waals surface area contributed by atoms with Crippen LogP contribution >= 0.6 is 43.6 Å². The van der Waals surface area contributed by atoms with Crippen molar-refractivity contribution >= 4 is 43.6 Å². The molecule has 14 heavy (non-hydrogen) atoms. The Labute approximate surface area is 106 Å². The molecule has 0 N–H and O–H groups in total. The van der Waals surface area contributed by atoms with Crippen LogP contribution in [-0.2, 0) is 0 Å². The van der Waals surface area contributed by atoms with Crippen LogP contribution in [0.15, 0.2) is 26.2 Å². The van der Waals surface area contributed by atoms with E-state index >= 15 is 0 Å². The molecule has 4 heteroatoms. The van der Waals surface area contributed by atoms with Gasteiger partial charge >= 0.3 is 0 Å². The lowest BCUT2D eigenvalue weighted by Crippen LogP contribution is -1.96. The number of nitrogens with zero attached hydrogens (tertiary/aromatic N) is 1. The van der Waals surface area contributed by atoms with Crippen LogP contribution in [0.3, 0.4) is 0 Å². The second-order valence-electron chi connectivity index (χ2n) is 3.26. The molecule has 0 spiro atoms. The SMILES string of the molecule is CCC(C)CSc1ncc(Br)cc1Br. The second-order valence-corrected chi connectivity index (χ2v) is 6.04. The molecule has 0 aromatic carbocycles. The van der Waals surface area contributed by atoms with Crippen LogP contribution in [0.25, 0.3) is 0 Å². The first-order valence-corrected chi connectivity index (χ1v) is 7.14. The topological polar surface area (TPSA) is 12.9 Å². The van der Waals surface area contributed by atoms with Crippen molar-refractivity contribution in [2.75, 3.05) is 5.75 Å². The Morgan fingerprint density at radius 3 is 2.79 bits per heavy atom. The molecule has 0 radical (unpaired) electrons. The molecule has 0 saturated carbocycles. The summed E-state index contributed by atoms with van der Waals surface area (Å²) in [5.41, 5.74) is 0. The first-order valence-electron chi connectivity index (χ1n) is 4.57. The van der Waals surface area contributed by atoms with Crippen LogP contribution in [0.1, 0.15) is 20.3 Å². The molecular weight excluding hydrogens is 326 g/mol. The van der Waals surface area contributed by atoms with E-state index in [-0.39, 0.29) is 0 Å². The second kappa shape index (κ2) is 6.13. The molecule has 0 aliphatic rings. The summed E-state index contributed by atoms with van der Waals surface area (Å²) in [4.78, 5) is 4.35. The minimum Gasteiger partial charge on any atom is -0.248 e. The van der Waals surface area contributed by atoms with E-state index in [0.29, 0.717) is 0 Å². The third-order valence-electron chi connectivity index (χ3n) is 1.98.